The third-order valence-corrected chi connectivity index (χ3v) is 2.66. The maximum absolute atomic E-state index is 5.35. The number of methoxy groups -OCH3 is 1. The lowest BCUT2D eigenvalue weighted by molar-refractivity contribution is 0.370. The van der Waals surface area contributed by atoms with Crippen molar-refractivity contribution in [1.29, 1.82) is 0 Å². The van der Waals surface area contributed by atoms with Gasteiger partial charge in [-0.3, -0.25) is 0 Å². The summed E-state index contributed by atoms with van der Waals surface area (Å²) >= 11 is 0. The van der Waals surface area contributed by atoms with Crippen molar-refractivity contribution in [3.63, 3.8) is 0 Å². The van der Waals surface area contributed by atoms with Crippen LogP contribution in [-0.2, 0) is 4.74 Å². The lowest BCUT2D eigenvalue weighted by atomic mass is 9.99. The Morgan fingerprint density at radius 3 is 2.77 bits per heavy atom. The number of fused-ring (bicyclic) bond motifs is 1. The first-order valence-corrected chi connectivity index (χ1v) is 4.59. The van der Waals surface area contributed by atoms with E-state index in [1.165, 1.54) is 16.7 Å². The Morgan fingerprint density at radius 2 is 2.08 bits per heavy atom. The van der Waals surface area contributed by atoms with E-state index in [0.717, 1.165) is 5.76 Å². The van der Waals surface area contributed by atoms with Crippen LogP contribution >= 0.6 is 0 Å². The first-order valence-electron chi connectivity index (χ1n) is 4.59. The van der Waals surface area contributed by atoms with Crippen LogP contribution in [0.25, 0.3) is 5.76 Å². The van der Waals surface area contributed by atoms with Crippen LogP contribution in [0.5, 0.6) is 0 Å². The maximum atomic E-state index is 5.35. The van der Waals surface area contributed by atoms with Crippen LogP contribution in [0.3, 0.4) is 0 Å². The topological polar surface area (TPSA) is 9.23 Å². The van der Waals surface area contributed by atoms with Gasteiger partial charge in [-0.25, -0.2) is 0 Å². The van der Waals surface area contributed by atoms with Crippen molar-refractivity contribution in [1.82, 2.24) is 0 Å². The molecule has 0 aliphatic heterocycles. The van der Waals surface area contributed by atoms with Crippen LogP contribution in [0.1, 0.15) is 29.5 Å². The molecule has 0 amide bonds. The molecule has 1 aliphatic carbocycles. The smallest absolute Gasteiger partial charge is 0.123 e. The van der Waals surface area contributed by atoms with Gasteiger partial charge in [0.25, 0.3) is 0 Å². The van der Waals surface area contributed by atoms with Crippen LogP contribution in [-0.4, -0.2) is 7.11 Å². The van der Waals surface area contributed by atoms with Gasteiger partial charge < -0.3 is 4.74 Å². The molecule has 2 rings (SSSR count). The molecular formula is C12H14O. The minimum atomic E-state index is 0.491. The Hall–Kier alpha value is -1.24. The van der Waals surface area contributed by atoms with Crippen LogP contribution in [0.2, 0.25) is 0 Å². The van der Waals surface area contributed by atoms with E-state index in [1.54, 1.807) is 7.11 Å². The molecule has 0 unspecified atom stereocenters. The number of hydrogen-bond donors (Lipinski definition) is 0. The fourth-order valence-electron chi connectivity index (χ4n) is 1.98. The van der Waals surface area contributed by atoms with E-state index in [9.17, 15) is 0 Å². The molecule has 0 N–H and O–H groups in total. The largest absolute Gasteiger partial charge is 0.496 e. The zero-order valence-corrected chi connectivity index (χ0v) is 8.29. The fraction of sp³-hybridized carbons (Fsp3) is 0.333. The molecule has 0 saturated heterocycles. The van der Waals surface area contributed by atoms with E-state index < -0.39 is 0 Å². The molecule has 1 nitrogen and oxygen atoms in total. The van der Waals surface area contributed by atoms with Gasteiger partial charge in [-0.05, 0) is 24.1 Å². The Kier molecular flexibility index (Phi) is 1.87. The summed E-state index contributed by atoms with van der Waals surface area (Å²) in [5, 5.41) is 0. The normalized spacial score (nSPS) is 19.6. The van der Waals surface area contributed by atoms with E-state index in [2.05, 4.69) is 38.1 Å². The lowest BCUT2D eigenvalue weighted by Crippen LogP contribution is -1.91. The second kappa shape index (κ2) is 2.91. The van der Waals surface area contributed by atoms with Gasteiger partial charge in [0.1, 0.15) is 5.76 Å². The standard InChI is InChI=1S/C12H14O/c1-8-5-4-6-10-9(2)7-11(13-3)12(8)10/h4-7,9H,1-3H3/t9-/m0/s1. The molecule has 0 radical (unpaired) electrons. The zero-order chi connectivity index (χ0) is 9.42. The van der Waals surface area contributed by atoms with Crippen molar-refractivity contribution in [2.45, 2.75) is 19.8 Å². The predicted octanol–water partition coefficient (Wildman–Crippen LogP) is 3.10. The zero-order valence-electron chi connectivity index (χ0n) is 8.29. The number of ether oxygens (including phenoxy) is 1. The summed E-state index contributed by atoms with van der Waals surface area (Å²) in [4.78, 5) is 0. The molecule has 0 saturated carbocycles. The monoisotopic (exact) mass is 174 g/mol. The number of allylic oxidation sites excluding steroid dienone is 1. The summed E-state index contributed by atoms with van der Waals surface area (Å²) in [6.07, 6.45) is 2.18. The van der Waals surface area contributed by atoms with Gasteiger partial charge in [0.2, 0.25) is 0 Å². The third-order valence-electron chi connectivity index (χ3n) is 2.66. The van der Waals surface area contributed by atoms with Crippen molar-refractivity contribution >= 4 is 5.76 Å². The molecule has 13 heavy (non-hydrogen) atoms. The van der Waals surface area contributed by atoms with E-state index in [1.807, 2.05) is 0 Å². The molecule has 1 aromatic carbocycles. The molecule has 0 spiro atoms. The fourth-order valence-corrected chi connectivity index (χ4v) is 1.98. The molecule has 68 valence electrons. The highest BCUT2D eigenvalue weighted by Crippen LogP contribution is 2.37. The molecule has 0 bridgehead atoms. The van der Waals surface area contributed by atoms with Gasteiger partial charge in [0.15, 0.2) is 0 Å². The maximum Gasteiger partial charge on any atom is 0.123 e. The summed E-state index contributed by atoms with van der Waals surface area (Å²) in [5.41, 5.74) is 3.98. The van der Waals surface area contributed by atoms with E-state index in [4.69, 9.17) is 4.74 Å². The Morgan fingerprint density at radius 1 is 1.31 bits per heavy atom. The second-order valence-electron chi connectivity index (χ2n) is 3.56. The van der Waals surface area contributed by atoms with Gasteiger partial charge >= 0.3 is 0 Å². The lowest BCUT2D eigenvalue weighted by Gasteiger charge is -2.08. The predicted molar refractivity (Wildman–Crippen MR) is 54.6 cm³/mol. The van der Waals surface area contributed by atoms with Crippen LogP contribution in [0.15, 0.2) is 24.3 Å². The first-order chi connectivity index (χ1) is 6.24. The second-order valence-corrected chi connectivity index (χ2v) is 3.56. The summed E-state index contributed by atoms with van der Waals surface area (Å²) in [7, 11) is 1.74. The molecule has 0 fully saturated rings. The molecule has 1 atom stereocenters. The molecule has 0 heterocycles. The summed E-state index contributed by atoms with van der Waals surface area (Å²) in [6.45, 7) is 4.33. The highest BCUT2D eigenvalue weighted by atomic mass is 16.5. The highest BCUT2D eigenvalue weighted by Gasteiger charge is 2.21. The van der Waals surface area contributed by atoms with Gasteiger partial charge in [-0.15, -0.1) is 0 Å². The van der Waals surface area contributed by atoms with E-state index in [-0.39, 0.29) is 0 Å². The Balaban J connectivity index is 2.61. The van der Waals surface area contributed by atoms with Gasteiger partial charge in [0, 0.05) is 11.5 Å². The average molecular weight is 174 g/mol. The summed E-state index contributed by atoms with van der Waals surface area (Å²) in [5.74, 6) is 1.52. The molecule has 1 aromatic rings. The van der Waals surface area contributed by atoms with Crippen molar-refractivity contribution in [3.8, 4) is 0 Å². The number of benzene rings is 1. The van der Waals surface area contributed by atoms with Crippen LogP contribution in [0, 0.1) is 6.92 Å². The summed E-state index contributed by atoms with van der Waals surface area (Å²) in [6, 6.07) is 6.41. The number of hydrogen-bond acceptors (Lipinski definition) is 1. The minimum absolute atomic E-state index is 0.491. The third kappa shape index (κ3) is 1.15. The van der Waals surface area contributed by atoms with Crippen LogP contribution < -0.4 is 0 Å². The van der Waals surface area contributed by atoms with Gasteiger partial charge in [0.05, 0.1) is 7.11 Å². The molecule has 1 aliphatic rings. The van der Waals surface area contributed by atoms with Crippen LogP contribution in [0.4, 0.5) is 0 Å². The Labute approximate surface area is 79.0 Å². The highest BCUT2D eigenvalue weighted by molar-refractivity contribution is 5.72. The van der Waals surface area contributed by atoms with Crippen molar-refractivity contribution < 1.29 is 4.74 Å². The SMILES string of the molecule is COC1=C[C@H](C)c2cccc(C)c21. The van der Waals surface area contributed by atoms with Gasteiger partial charge in [-0.2, -0.15) is 0 Å². The molecular weight excluding hydrogens is 160 g/mol. The molecule has 1 heteroatoms. The summed E-state index contributed by atoms with van der Waals surface area (Å²) < 4.78 is 5.35. The number of rotatable bonds is 1. The molecule has 0 aromatic heterocycles. The van der Waals surface area contributed by atoms with E-state index >= 15 is 0 Å². The van der Waals surface area contributed by atoms with Crippen molar-refractivity contribution in [2.75, 3.05) is 7.11 Å². The Bertz CT molecular complexity index is 363. The van der Waals surface area contributed by atoms with Gasteiger partial charge in [-0.1, -0.05) is 25.1 Å². The van der Waals surface area contributed by atoms with Crippen molar-refractivity contribution in [3.05, 3.63) is 41.0 Å². The quantitative estimate of drug-likeness (QED) is 0.635. The van der Waals surface area contributed by atoms with E-state index in [0.29, 0.717) is 5.92 Å². The van der Waals surface area contributed by atoms with Crippen molar-refractivity contribution in [2.24, 2.45) is 0 Å². The first kappa shape index (κ1) is 8.36. The number of aryl methyl sites for hydroxylation is 1. The average Bonchev–Trinajstić information content (AvgIpc) is 2.45. The minimum Gasteiger partial charge on any atom is -0.496 e.